The number of carbonyl (C=O) groups excluding carboxylic acids is 1. The van der Waals surface area contributed by atoms with E-state index < -0.39 is 20.9 Å². The number of nitrogens with one attached hydrogen (secondary N) is 1. The summed E-state index contributed by atoms with van der Waals surface area (Å²) in [5, 5.41) is 11.6. The van der Waals surface area contributed by atoms with Crippen LogP contribution in [0, 0.1) is 18.3 Å². The second-order valence-corrected chi connectivity index (χ2v) is 10.2. The van der Waals surface area contributed by atoms with Gasteiger partial charge in [-0.15, -0.1) is 0 Å². The maximum absolute atomic E-state index is 12.5. The summed E-state index contributed by atoms with van der Waals surface area (Å²) in [6.45, 7) is 2.27. The lowest BCUT2D eigenvalue weighted by Crippen LogP contribution is -2.13. The van der Waals surface area contributed by atoms with Gasteiger partial charge in [-0.1, -0.05) is 41.4 Å². The number of methoxy groups -OCH3 is 1. The predicted octanol–water partition coefficient (Wildman–Crippen LogP) is 4.04. The van der Waals surface area contributed by atoms with E-state index in [2.05, 4.69) is 14.7 Å². The van der Waals surface area contributed by atoms with E-state index in [1.54, 1.807) is 12.1 Å². The van der Waals surface area contributed by atoms with Crippen LogP contribution in [0.4, 0.5) is 5.13 Å². The van der Waals surface area contributed by atoms with Gasteiger partial charge >= 0.3 is 0 Å². The summed E-state index contributed by atoms with van der Waals surface area (Å²) in [6, 6.07) is 12.8. The molecule has 0 bridgehead atoms. The van der Waals surface area contributed by atoms with Crippen LogP contribution >= 0.6 is 23.1 Å². The van der Waals surface area contributed by atoms with E-state index in [1.165, 1.54) is 19.3 Å². The van der Waals surface area contributed by atoms with Gasteiger partial charge < -0.3 is 9.47 Å². The summed E-state index contributed by atoms with van der Waals surface area (Å²) in [5.41, 5.74) is 2.24. The summed E-state index contributed by atoms with van der Waals surface area (Å²) in [6.07, 6.45) is 2.26. The Morgan fingerprint density at radius 3 is 2.59 bits per heavy atom. The zero-order valence-electron chi connectivity index (χ0n) is 18.3. The Labute approximate surface area is 205 Å². The first-order valence-electron chi connectivity index (χ1n) is 9.63. The van der Waals surface area contributed by atoms with Crippen molar-refractivity contribution in [2.75, 3.05) is 18.7 Å². The molecule has 1 aromatic heterocycles. The van der Waals surface area contributed by atoms with Gasteiger partial charge in [0.15, 0.2) is 11.5 Å². The van der Waals surface area contributed by atoms with Gasteiger partial charge in [0.25, 0.3) is 11.1 Å². The molecule has 9 nitrogen and oxygen atoms in total. The number of hydrogen-bond donors (Lipinski definition) is 1. The molecule has 34 heavy (non-hydrogen) atoms. The second-order valence-electron chi connectivity index (χ2n) is 7.09. The lowest BCUT2D eigenvalue weighted by atomic mass is 10.1. The molecule has 1 amide bonds. The third-order valence-electron chi connectivity index (χ3n) is 4.39. The van der Waals surface area contributed by atoms with Crippen LogP contribution in [0.1, 0.15) is 16.7 Å². The minimum Gasteiger partial charge on any atom is -0.493 e. The second kappa shape index (κ2) is 10.6. The lowest BCUT2D eigenvalue weighted by Gasteiger charge is -2.14. The molecule has 0 fully saturated rings. The fraction of sp³-hybridized carbons (Fsp3) is 0.182. The highest BCUT2D eigenvalue weighted by Crippen LogP contribution is 2.37. The number of sulfone groups is 1. The van der Waals surface area contributed by atoms with Crippen LogP contribution in [-0.4, -0.2) is 37.0 Å². The highest BCUT2D eigenvalue weighted by molar-refractivity contribution is 7.90. The van der Waals surface area contributed by atoms with Crippen molar-refractivity contribution in [1.82, 2.24) is 9.36 Å². The predicted molar refractivity (Wildman–Crippen MR) is 129 cm³/mol. The molecule has 0 aliphatic heterocycles. The van der Waals surface area contributed by atoms with E-state index in [-0.39, 0.29) is 22.3 Å². The molecule has 0 unspecified atom stereocenters. The average Bonchev–Trinajstić information content (AvgIpc) is 3.26. The summed E-state index contributed by atoms with van der Waals surface area (Å²) in [7, 11) is -2.17. The van der Waals surface area contributed by atoms with Gasteiger partial charge in [-0.3, -0.25) is 10.1 Å². The monoisotopic (exact) mass is 518 g/mol. The van der Waals surface area contributed by atoms with Crippen molar-refractivity contribution in [3.8, 4) is 17.6 Å². The van der Waals surface area contributed by atoms with Gasteiger partial charge in [0, 0.05) is 17.8 Å². The van der Waals surface area contributed by atoms with Crippen molar-refractivity contribution in [3.05, 3.63) is 63.7 Å². The van der Waals surface area contributed by atoms with E-state index >= 15 is 0 Å². The van der Waals surface area contributed by atoms with Crippen LogP contribution in [0.3, 0.4) is 0 Å². The minimum absolute atomic E-state index is 0.0537. The summed E-state index contributed by atoms with van der Waals surface area (Å²) < 4.78 is 37.9. The number of anilines is 1. The molecule has 12 heteroatoms. The Balaban J connectivity index is 1.80. The molecule has 0 saturated heterocycles. The molecule has 1 heterocycles. The number of halogens is 1. The number of nitriles is 1. The molecule has 0 atom stereocenters. The Hall–Kier alpha value is -3.46. The van der Waals surface area contributed by atoms with E-state index in [9.17, 15) is 18.5 Å². The van der Waals surface area contributed by atoms with Crippen molar-refractivity contribution >= 4 is 50.1 Å². The zero-order valence-corrected chi connectivity index (χ0v) is 20.7. The van der Waals surface area contributed by atoms with Crippen LogP contribution in [0.2, 0.25) is 5.02 Å². The van der Waals surface area contributed by atoms with Gasteiger partial charge in [0.2, 0.25) is 15.0 Å². The van der Waals surface area contributed by atoms with Gasteiger partial charge in [-0.05, 0) is 36.3 Å². The molecule has 0 saturated carbocycles. The molecule has 176 valence electrons. The molecule has 0 aliphatic carbocycles. The van der Waals surface area contributed by atoms with E-state index in [4.69, 9.17) is 21.1 Å². The first-order chi connectivity index (χ1) is 16.1. The normalized spacial score (nSPS) is 11.6. The number of aryl methyl sites for hydroxylation is 1. The van der Waals surface area contributed by atoms with Crippen LogP contribution in [0.25, 0.3) is 6.08 Å². The van der Waals surface area contributed by atoms with E-state index in [0.29, 0.717) is 28.6 Å². The fourth-order valence-corrected chi connectivity index (χ4v) is 4.41. The van der Waals surface area contributed by atoms with Gasteiger partial charge in [0.1, 0.15) is 18.2 Å². The molecular weight excluding hydrogens is 500 g/mol. The third kappa shape index (κ3) is 6.32. The molecule has 0 spiro atoms. The SMILES string of the molecule is COc1cc(/C=C(/C#N)C(=O)Nc2nc(S(C)(=O)=O)ns2)cc(Cl)c1OCc1ccc(C)cc1. The minimum atomic E-state index is -3.62. The molecule has 3 aromatic rings. The van der Waals surface area contributed by atoms with Gasteiger partial charge in [-0.25, -0.2) is 8.42 Å². The van der Waals surface area contributed by atoms with E-state index in [0.717, 1.165) is 17.4 Å². The van der Waals surface area contributed by atoms with Crippen molar-refractivity contribution in [2.45, 2.75) is 18.7 Å². The summed E-state index contributed by atoms with van der Waals surface area (Å²) in [4.78, 5) is 16.2. The quantitative estimate of drug-likeness (QED) is 0.349. The van der Waals surface area contributed by atoms with Crippen LogP contribution in [-0.2, 0) is 21.2 Å². The van der Waals surface area contributed by atoms with Crippen LogP contribution in [0.5, 0.6) is 11.5 Å². The topological polar surface area (TPSA) is 131 Å². The number of carbonyl (C=O) groups is 1. The van der Waals surface area contributed by atoms with Crippen LogP contribution < -0.4 is 14.8 Å². The standard InChI is InChI=1S/C22H19ClN4O5S2/c1-13-4-6-14(7-5-13)12-32-19-17(23)9-15(10-18(19)31-2)8-16(11-24)20(28)25-21-26-22(27-33-21)34(3,29)30/h4-10H,12H2,1-3H3,(H,25,26,27,28)/b16-8-. The summed E-state index contributed by atoms with van der Waals surface area (Å²) in [5.74, 6) is -0.133. The molecule has 3 rings (SSSR count). The zero-order chi connectivity index (χ0) is 24.9. The molecular formula is C22H19ClN4O5S2. The highest BCUT2D eigenvalue weighted by atomic mass is 35.5. The Kier molecular flexibility index (Phi) is 7.88. The Morgan fingerprint density at radius 2 is 2.00 bits per heavy atom. The highest BCUT2D eigenvalue weighted by Gasteiger charge is 2.18. The van der Waals surface area contributed by atoms with Crippen molar-refractivity contribution in [1.29, 1.82) is 5.26 Å². The number of rotatable bonds is 8. The molecule has 0 radical (unpaired) electrons. The Bertz CT molecular complexity index is 1390. The summed E-state index contributed by atoms with van der Waals surface area (Å²) >= 11 is 7.08. The number of benzene rings is 2. The number of amides is 1. The van der Waals surface area contributed by atoms with Crippen LogP contribution in [0.15, 0.2) is 47.1 Å². The number of aromatic nitrogens is 2. The molecule has 2 aromatic carbocycles. The number of hydrogen-bond acceptors (Lipinski definition) is 9. The van der Waals surface area contributed by atoms with Gasteiger partial charge in [0.05, 0.1) is 12.1 Å². The van der Waals surface area contributed by atoms with Crippen molar-refractivity contribution < 1.29 is 22.7 Å². The first kappa shape index (κ1) is 25.2. The van der Waals surface area contributed by atoms with Crippen molar-refractivity contribution in [2.24, 2.45) is 0 Å². The fourth-order valence-electron chi connectivity index (χ4n) is 2.69. The number of ether oxygens (including phenoxy) is 2. The lowest BCUT2D eigenvalue weighted by molar-refractivity contribution is -0.112. The third-order valence-corrected chi connectivity index (χ3v) is 6.26. The van der Waals surface area contributed by atoms with E-state index in [1.807, 2.05) is 31.2 Å². The average molecular weight is 519 g/mol. The molecule has 1 N–H and O–H groups in total. The Morgan fingerprint density at radius 1 is 1.29 bits per heavy atom. The maximum Gasteiger partial charge on any atom is 0.268 e. The van der Waals surface area contributed by atoms with Crippen molar-refractivity contribution in [3.63, 3.8) is 0 Å². The first-order valence-corrected chi connectivity index (χ1v) is 12.7. The molecule has 0 aliphatic rings. The van der Waals surface area contributed by atoms with Gasteiger partial charge in [-0.2, -0.15) is 14.6 Å². The largest absolute Gasteiger partial charge is 0.493 e. The smallest absolute Gasteiger partial charge is 0.268 e. The maximum atomic E-state index is 12.5. The number of nitrogens with zero attached hydrogens (tertiary/aromatic N) is 3.